The summed E-state index contributed by atoms with van der Waals surface area (Å²) in [6, 6.07) is 0. The number of sulfone groups is 2. The van der Waals surface area contributed by atoms with Crippen LogP contribution in [-0.4, -0.2) is 60.5 Å². The van der Waals surface area contributed by atoms with Gasteiger partial charge in [0.1, 0.15) is 0 Å². The van der Waals surface area contributed by atoms with Crippen molar-refractivity contribution >= 4 is 39.7 Å². The first-order chi connectivity index (χ1) is 15.3. The minimum Gasteiger partial charge on any atom is -0.225 e. The molecule has 0 aromatic carbocycles. The van der Waals surface area contributed by atoms with E-state index in [4.69, 9.17) is 0 Å². The summed E-state index contributed by atoms with van der Waals surface area (Å²) in [4.78, 5) is 0. The van der Waals surface area contributed by atoms with Gasteiger partial charge in [0.05, 0.1) is 10.5 Å². The van der Waals surface area contributed by atoms with Crippen molar-refractivity contribution in [3.63, 3.8) is 0 Å². The molecule has 0 aromatic rings. The van der Waals surface area contributed by atoms with Crippen molar-refractivity contribution < 1.29 is 33.7 Å². The zero-order valence-electron chi connectivity index (χ0n) is 18.6. The summed E-state index contributed by atoms with van der Waals surface area (Å²) in [6.45, 7) is 1.32. The standard InChI is InChI=1S/C17H32N4O8S4/c1-2-17(30(22,23)13-18-20-32(26,27)15-9-5-3-6-10-15)31(24,25)14-19-21-33(28,29)16-11-7-4-8-12-16/h15-17H,2-14H2,1H3/b20-18+,21-19+. The van der Waals surface area contributed by atoms with E-state index in [0.29, 0.717) is 25.7 Å². The van der Waals surface area contributed by atoms with Crippen LogP contribution in [0.2, 0.25) is 0 Å². The topological polar surface area (TPSA) is 186 Å². The molecule has 0 aromatic heterocycles. The lowest BCUT2D eigenvalue weighted by Crippen LogP contribution is -2.33. The zero-order valence-corrected chi connectivity index (χ0v) is 21.9. The van der Waals surface area contributed by atoms with Crippen molar-refractivity contribution in [1.29, 1.82) is 0 Å². The Morgan fingerprint density at radius 2 is 0.939 bits per heavy atom. The van der Waals surface area contributed by atoms with Gasteiger partial charge in [0, 0.05) is 0 Å². The normalized spacial score (nSPS) is 20.8. The van der Waals surface area contributed by atoms with Crippen LogP contribution in [0.1, 0.15) is 77.6 Å². The van der Waals surface area contributed by atoms with Gasteiger partial charge in [0.25, 0.3) is 20.0 Å². The van der Waals surface area contributed by atoms with Gasteiger partial charge >= 0.3 is 0 Å². The van der Waals surface area contributed by atoms with E-state index in [1.54, 1.807) is 0 Å². The molecule has 0 saturated heterocycles. The summed E-state index contributed by atoms with van der Waals surface area (Å²) in [5.41, 5.74) is 0. The zero-order chi connectivity index (χ0) is 24.8. The molecule has 16 heteroatoms. The Labute approximate surface area is 196 Å². The van der Waals surface area contributed by atoms with E-state index in [1.165, 1.54) is 6.92 Å². The molecule has 0 atom stereocenters. The lowest BCUT2D eigenvalue weighted by molar-refractivity contribution is 0.483. The molecule has 192 valence electrons. The Morgan fingerprint density at radius 3 is 1.24 bits per heavy atom. The van der Waals surface area contributed by atoms with Gasteiger partial charge in [0.2, 0.25) is 0 Å². The van der Waals surface area contributed by atoms with E-state index >= 15 is 0 Å². The van der Waals surface area contributed by atoms with Crippen molar-refractivity contribution in [3.05, 3.63) is 0 Å². The molecule has 0 bridgehead atoms. The van der Waals surface area contributed by atoms with Crippen LogP contribution in [0, 0.1) is 0 Å². The van der Waals surface area contributed by atoms with Gasteiger partial charge in [-0.25, -0.2) is 33.7 Å². The molecule has 0 spiro atoms. The first kappa shape index (κ1) is 28.2. The maximum absolute atomic E-state index is 12.6. The fraction of sp³-hybridized carbons (Fsp3) is 1.00. The van der Waals surface area contributed by atoms with Gasteiger partial charge in [-0.05, 0) is 32.1 Å². The largest absolute Gasteiger partial charge is 0.273 e. The molecule has 2 rings (SSSR count). The fourth-order valence-corrected chi connectivity index (χ4v) is 10.8. The predicted octanol–water partition coefficient (Wildman–Crippen LogP) is 2.70. The monoisotopic (exact) mass is 548 g/mol. The molecule has 0 aliphatic heterocycles. The second kappa shape index (κ2) is 11.6. The van der Waals surface area contributed by atoms with E-state index in [-0.39, 0.29) is 6.42 Å². The first-order valence-corrected chi connectivity index (χ1v) is 17.4. The second-order valence-electron chi connectivity index (χ2n) is 8.42. The van der Waals surface area contributed by atoms with Crippen molar-refractivity contribution in [3.8, 4) is 0 Å². The Kier molecular flexibility index (Phi) is 9.94. The smallest absolute Gasteiger partial charge is 0.225 e. The Bertz CT molecular complexity index is 1040. The Hall–Kier alpha value is -1.00. The van der Waals surface area contributed by atoms with Crippen LogP contribution in [-0.2, 0) is 39.7 Å². The maximum Gasteiger partial charge on any atom is 0.273 e. The van der Waals surface area contributed by atoms with Crippen LogP contribution >= 0.6 is 0 Å². The average molecular weight is 549 g/mol. The predicted molar refractivity (Wildman–Crippen MR) is 123 cm³/mol. The van der Waals surface area contributed by atoms with E-state index in [2.05, 4.69) is 19.3 Å². The molecule has 0 radical (unpaired) electrons. The van der Waals surface area contributed by atoms with E-state index in [1.807, 2.05) is 0 Å². The molecule has 0 N–H and O–H groups in total. The molecule has 2 aliphatic rings. The van der Waals surface area contributed by atoms with Crippen LogP contribution in [0.25, 0.3) is 0 Å². The van der Waals surface area contributed by atoms with Crippen LogP contribution in [0.5, 0.6) is 0 Å². The van der Waals surface area contributed by atoms with Crippen molar-refractivity contribution in [2.24, 2.45) is 19.3 Å². The molecular weight excluding hydrogens is 516 g/mol. The van der Waals surface area contributed by atoms with Crippen LogP contribution in [0.15, 0.2) is 19.3 Å². The molecule has 0 heterocycles. The van der Waals surface area contributed by atoms with E-state index in [0.717, 1.165) is 38.5 Å². The summed E-state index contributed by atoms with van der Waals surface area (Å²) < 4.78 is 104. The molecule has 33 heavy (non-hydrogen) atoms. The molecule has 2 saturated carbocycles. The number of hydrogen-bond acceptors (Lipinski definition) is 10. The molecule has 0 unspecified atom stereocenters. The highest BCUT2D eigenvalue weighted by Gasteiger charge is 2.37. The number of nitrogens with zero attached hydrogens (tertiary/aromatic N) is 4. The van der Waals surface area contributed by atoms with Gasteiger partial charge < -0.3 is 0 Å². The second-order valence-corrected chi connectivity index (χ2v) is 16.7. The number of rotatable bonds is 11. The lowest BCUT2D eigenvalue weighted by Gasteiger charge is -2.18. The molecule has 0 amide bonds. The summed E-state index contributed by atoms with van der Waals surface area (Å²) in [7, 11) is -16.8. The number of hydrogen-bond donors (Lipinski definition) is 0. The average Bonchev–Trinajstić information content (AvgIpc) is 2.74. The molecule has 12 nitrogen and oxygen atoms in total. The van der Waals surface area contributed by atoms with Crippen molar-refractivity contribution in [2.75, 3.05) is 11.8 Å². The van der Waals surface area contributed by atoms with E-state index < -0.39 is 66.6 Å². The minimum absolute atomic E-state index is 0.347. The van der Waals surface area contributed by atoms with Gasteiger partial charge in [-0.2, -0.15) is 10.2 Å². The van der Waals surface area contributed by atoms with Crippen LogP contribution < -0.4 is 0 Å². The van der Waals surface area contributed by atoms with Gasteiger partial charge in [-0.1, -0.05) is 54.5 Å². The Morgan fingerprint density at radius 1 is 0.606 bits per heavy atom. The lowest BCUT2D eigenvalue weighted by atomic mass is 10.0. The van der Waals surface area contributed by atoms with Crippen LogP contribution in [0.3, 0.4) is 0 Å². The summed E-state index contributed by atoms with van der Waals surface area (Å²) >= 11 is 0. The highest BCUT2D eigenvalue weighted by atomic mass is 32.3. The quantitative estimate of drug-likeness (QED) is 0.352. The third kappa shape index (κ3) is 8.02. The number of sulfonamides is 2. The highest BCUT2D eigenvalue weighted by molar-refractivity contribution is 8.09. The first-order valence-electron chi connectivity index (χ1n) is 11.0. The Balaban J connectivity index is 2.06. The van der Waals surface area contributed by atoms with Crippen molar-refractivity contribution in [2.45, 2.75) is 92.6 Å². The van der Waals surface area contributed by atoms with Gasteiger partial charge in [-0.15, -0.1) is 0 Å². The van der Waals surface area contributed by atoms with Crippen LogP contribution in [0.4, 0.5) is 0 Å². The molecular formula is C17H32N4O8S4. The maximum atomic E-state index is 12.6. The van der Waals surface area contributed by atoms with Gasteiger partial charge in [-0.3, -0.25) is 0 Å². The third-order valence-electron chi connectivity index (χ3n) is 5.90. The van der Waals surface area contributed by atoms with Gasteiger partial charge in [0.15, 0.2) is 36.0 Å². The van der Waals surface area contributed by atoms with Crippen molar-refractivity contribution in [1.82, 2.24) is 0 Å². The minimum atomic E-state index is -4.43. The molecule has 2 aliphatic carbocycles. The summed E-state index contributed by atoms with van der Waals surface area (Å²) in [6.07, 6.45) is 6.14. The van der Waals surface area contributed by atoms with E-state index in [9.17, 15) is 33.7 Å². The summed E-state index contributed by atoms with van der Waals surface area (Å²) in [5, 5.41) is 5.15. The third-order valence-corrected chi connectivity index (χ3v) is 14.2. The molecule has 2 fully saturated rings. The SMILES string of the molecule is CCC(S(=O)(=O)C/N=N/S(=O)(=O)C1CCCCC1)S(=O)(=O)C/N=N/S(=O)(=O)C1CCCCC1. The highest BCUT2D eigenvalue weighted by Crippen LogP contribution is 2.26. The fourth-order valence-electron chi connectivity index (χ4n) is 4.13. The summed E-state index contributed by atoms with van der Waals surface area (Å²) in [5.74, 6) is -2.23.